The maximum absolute atomic E-state index is 12.4. The SMILES string of the molecule is Cc1cn(-c2cncc3[nH]c(-c4n[nH]c5ncc(-c6cncc(NC(=O)C7CCC7)c6)cc45)cc23)cn1. The van der Waals surface area contributed by atoms with Crippen LogP contribution in [0.3, 0.4) is 0 Å². The van der Waals surface area contributed by atoms with Gasteiger partial charge in [-0.15, -0.1) is 0 Å². The molecule has 3 N–H and O–H groups in total. The van der Waals surface area contributed by atoms with E-state index in [1.807, 2.05) is 36.0 Å². The molecule has 0 radical (unpaired) electrons. The number of nitrogens with one attached hydrogen (secondary N) is 3. The summed E-state index contributed by atoms with van der Waals surface area (Å²) in [6.45, 7) is 1.96. The third-order valence-electron chi connectivity index (χ3n) is 7.00. The smallest absolute Gasteiger partial charge is 0.227 e. The fourth-order valence-electron chi connectivity index (χ4n) is 4.77. The Hall–Kier alpha value is -4.86. The number of rotatable bonds is 5. The van der Waals surface area contributed by atoms with Gasteiger partial charge in [-0.2, -0.15) is 5.10 Å². The molecule has 6 aromatic heterocycles. The van der Waals surface area contributed by atoms with Crippen LogP contribution >= 0.6 is 0 Å². The van der Waals surface area contributed by atoms with Gasteiger partial charge in [-0.3, -0.25) is 19.9 Å². The van der Waals surface area contributed by atoms with Crippen molar-refractivity contribution in [2.24, 2.45) is 5.92 Å². The first-order valence-corrected chi connectivity index (χ1v) is 12.2. The van der Waals surface area contributed by atoms with Crippen molar-refractivity contribution in [1.29, 1.82) is 0 Å². The summed E-state index contributed by atoms with van der Waals surface area (Å²) in [6, 6.07) is 6.04. The Morgan fingerprint density at radius 1 is 1.00 bits per heavy atom. The zero-order valence-corrected chi connectivity index (χ0v) is 20.1. The molecule has 1 aliphatic carbocycles. The Labute approximate surface area is 211 Å². The van der Waals surface area contributed by atoms with Crippen molar-refractivity contribution in [2.75, 3.05) is 5.32 Å². The van der Waals surface area contributed by atoms with Gasteiger partial charge in [0.15, 0.2) is 5.65 Å². The van der Waals surface area contributed by atoms with Gasteiger partial charge in [0.25, 0.3) is 0 Å². The highest BCUT2D eigenvalue weighted by atomic mass is 16.1. The highest BCUT2D eigenvalue weighted by Crippen LogP contribution is 2.33. The number of hydrogen-bond acceptors (Lipinski definition) is 6. The number of H-pyrrole nitrogens is 2. The second-order valence-corrected chi connectivity index (χ2v) is 9.50. The molecule has 0 bridgehead atoms. The molecule has 6 aromatic rings. The summed E-state index contributed by atoms with van der Waals surface area (Å²) in [6.07, 6.45) is 15.6. The largest absolute Gasteiger partial charge is 0.352 e. The molecule has 37 heavy (non-hydrogen) atoms. The Bertz CT molecular complexity index is 1790. The van der Waals surface area contributed by atoms with Crippen LogP contribution in [0.5, 0.6) is 0 Å². The first-order chi connectivity index (χ1) is 18.1. The van der Waals surface area contributed by atoms with E-state index in [4.69, 9.17) is 0 Å². The number of nitrogens with zero attached hydrogens (tertiary/aromatic N) is 6. The van der Waals surface area contributed by atoms with E-state index in [2.05, 4.69) is 46.5 Å². The lowest BCUT2D eigenvalue weighted by atomic mass is 9.85. The topological polar surface area (TPSA) is 130 Å². The van der Waals surface area contributed by atoms with Gasteiger partial charge >= 0.3 is 0 Å². The third-order valence-corrected chi connectivity index (χ3v) is 7.00. The summed E-state index contributed by atoms with van der Waals surface area (Å²) in [5.41, 5.74) is 7.51. The van der Waals surface area contributed by atoms with Crippen LogP contribution in [0.1, 0.15) is 25.0 Å². The molecule has 0 atom stereocenters. The number of hydrogen-bond donors (Lipinski definition) is 3. The van der Waals surface area contributed by atoms with Crippen LogP contribution in [0, 0.1) is 12.8 Å². The monoisotopic (exact) mass is 489 g/mol. The minimum absolute atomic E-state index is 0.0643. The molecule has 1 saturated carbocycles. The number of amides is 1. The predicted octanol–water partition coefficient (Wildman–Crippen LogP) is 4.80. The van der Waals surface area contributed by atoms with Gasteiger partial charge in [-0.1, -0.05) is 6.42 Å². The van der Waals surface area contributed by atoms with Crippen molar-refractivity contribution >= 4 is 33.5 Å². The van der Waals surface area contributed by atoms with Crippen LogP contribution in [-0.4, -0.2) is 45.6 Å². The molecule has 0 aliphatic heterocycles. The number of aryl methyl sites for hydroxylation is 1. The van der Waals surface area contributed by atoms with Crippen molar-refractivity contribution in [3.63, 3.8) is 0 Å². The molecule has 0 saturated heterocycles. The molecule has 6 heterocycles. The van der Waals surface area contributed by atoms with Gasteiger partial charge < -0.3 is 14.9 Å². The van der Waals surface area contributed by atoms with Crippen molar-refractivity contribution in [3.05, 3.63) is 67.4 Å². The number of aromatic nitrogens is 8. The van der Waals surface area contributed by atoms with E-state index in [0.29, 0.717) is 11.3 Å². The van der Waals surface area contributed by atoms with Gasteiger partial charge in [0.05, 0.1) is 53.2 Å². The molecule has 0 unspecified atom stereocenters. The number of carbonyl (C=O) groups excluding carboxylic acids is 1. The first kappa shape index (κ1) is 21.4. The average molecular weight is 490 g/mol. The fraction of sp³-hybridized carbons (Fsp3) is 0.185. The fourth-order valence-corrected chi connectivity index (χ4v) is 4.77. The van der Waals surface area contributed by atoms with E-state index in [9.17, 15) is 4.79 Å². The van der Waals surface area contributed by atoms with Gasteiger partial charge in [-0.05, 0) is 38.0 Å². The maximum atomic E-state index is 12.4. The Kier molecular flexibility index (Phi) is 4.85. The number of pyridine rings is 3. The summed E-state index contributed by atoms with van der Waals surface area (Å²) in [5.74, 6) is 0.175. The van der Waals surface area contributed by atoms with E-state index >= 15 is 0 Å². The van der Waals surface area contributed by atoms with Gasteiger partial charge in [0.1, 0.15) is 5.69 Å². The molecule has 0 spiro atoms. The number of aromatic amines is 2. The number of anilines is 1. The summed E-state index contributed by atoms with van der Waals surface area (Å²) in [5, 5.41) is 12.5. The summed E-state index contributed by atoms with van der Waals surface area (Å²) in [7, 11) is 0. The Balaban J connectivity index is 1.26. The van der Waals surface area contributed by atoms with Gasteiger partial charge in [0.2, 0.25) is 5.91 Å². The van der Waals surface area contributed by atoms with E-state index in [-0.39, 0.29) is 11.8 Å². The van der Waals surface area contributed by atoms with Crippen LogP contribution in [-0.2, 0) is 4.79 Å². The average Bonchev–Trinajstić information content (AvgIpc) is 3.60. The summed E-state index contributed by atoms with van der Waals surface area (Å²) < 4.78 is 1.97. The minimum Gasteiger partial charge on any atom is -0.352 e. The standard InChI is InChI=1S/C27H23N9O/c1-15-13-36(14-31-15)24-12-29-11-23-20(24)7-22(33-23)25-21-6-18(9-30-26(21)35-34-25)17-5-19(10-28-8-17)32-27(37)16-3-2-4-16/h5-14,16,33H,2-4H2,1H3,(H,32,37)(H,30,34,35). The van der Waals surface area contributed by atoms with Crippen molar-refractivity contribution in [3.8, 4) is 28.2 Å². The lowest BCUT2D eigenvalue weighted by Crippen LogP contribution is -2.28. The Morgan fingerprint density at radius 2 is 1.86 bits per heavy atom. The van der Waals surface area contributed by atoms with Crippen molar-refractivity contribution < 1.29 is 4.79 Å². The molecule has 1 amide bonds. The molecule has 10 heteroatoms. The minimum atomic E-state index is 0.0643. The lowest BCUT2D eigenvalue weighted by molar-refractivity contribution is -0.122. The number of imidazole rings is 1. The van der Waals surface area contributed by atoms with E-state index < -0.39 is 0 Å². The molecule has 0 aromatic carbocycles. The molecule has 10 nitrogen and oxygen atoms in total. The molecular weight excluding hydrogens is 466 g/mol. The van der Waals surface area contributed by atoms with Gasteiger partial charge in [0, 0.05) is 46.4 Å². The van der Waals surface area contributed by atoms with Crippen LogP contribution in [0.15, 0.2) is 61.7 Å². The molecule has 1 aliphatic rings. The predicted molar refractivity (Wildman–Crippen MR) is 140 cm³/mol. The normalized spacial score (nSPS) is 13.8. The summed E-state index contributed by atoms with van der Waals surface area (Å²) in [4.78, 5) is 33.5. The third kappa shape index (κ3) is 3.74. The van der Waals surface area contributed by atoms with Crippen LogP contribution in [0.2, 0.25) is 0 Å². The van der Waals surface area contributed by atoms with Crippen LogP contribution < -0.4 is 5.32 Å². The lowest BCUT2D eigenvalue weighted by Gasteiger charge is -2.24. The van der Waals surface area contributed by atoms with Crippen LogP contribution in [0.25, 0.3) is 50.1 Å². The van der Waals surface area contributed by atoms with Crippen molar-refractivity contribution in [2.45, 2.75) is 26.2 Å². The molecular formula is C27H23N9O. The number of fused-ring (bicyclic) bond motifs is 2. The van der Waals surface area contributed by atoms with E-state index in [1.165, 1.54) is 0 Å². The maximum Gasteiger partial charge on any atom is 0.227 e. The summed E-state index contributed by atoms with van der Waals surface area (Å²) >= 11 is 0. The second-order valence-electron chi connectivity index (χ2n) is 9.50. The van der Waals surface area contributed by atoms with Crippen molar-refractivity contribution in [1.82, 2.24) is 39.7 Å². The first-order valence-electron chi connectivity index (χ1n) is 12.2. The van der Waals surface area contributed by atoms with Gasteiger partial charge in [-0.25, -0.2) is 9.97 Å². The van der Waals surface area contributed by atoms with E-state index in [1.54, 1.807) is 31.1 Å². The van der Waals surface area contributed by atoms with E-state index in [0.717, 1.165) is 69.4 Å². The highest BCUT2D eigenvalue weighted by Gasteiger charge is 2.25. The molecule has 7 rings (SSSR count). The quantitative estimate of drug-likeness (QED) is 0.319. The number of carbonyl (C=O) groups is 1. The molecule has 1 fully saturated rings. The second kappa shape index (κ2) is 8.37. The van der Waals surface area contributed by atoms with Crippen LogP contribution in [0.4, 0.5) is 5.69 Å². The zero-order chi connectivity index (χ0) is 24.9. The highest BCUT2D eigenvalue weighted by molar-refractivity contribution is 5.98. The Morgan fingerprint density at radius 3 is 2.68 bits per heavy atom. The molecule has 182 valence electrons. The zero-order valence-electron chi connectivity index (χ0n) is 20.1.